The van der Waals surface area contributed by atoms with E-state index in [2.05, 4.69) is 34.8 Å². The van der Waals surface area contributed by atoms with Crippen LogP contribution in [-0.2, 0) is 30.5 Å². The van der Waals surface area contributed by atoms with Crippen LogP contribution in [0.4, 0.5) is 18.9 Å². The highest BCUT2D eigenvalue weighted by atomic mass is 32.2. The molecule has 1 amide bonds. The van der Waals surface area contributed by atoms with E-state index in [9.17, 15) is 26.4 Å². The van der Waals surface area contributed by atoms with Crippen LogP contribution < -0.4 is 4.90 Å². The molecule has 18 heteroatoms. The Bertz CT molecular complexity index is 1780. The number of hydrogen-bond donors (Lipinski definition) is 0. The molecule has 0 spiro atoms. The van der Waals surface area contributed by atoms with E-state index in [0.29, 0.717) is 55.3 Å². The molecule has 3 aliphatic rings. The van der Waals surface area contributed by atoms with Crippen molar-refractivity contribution in [3.05, 3.63) is 23.5 Å². The number of carbonyl (C=O) groups is 1. The maximum absolute atomic E-state index is 14.6. The average molecular weight is 730 g/mol. The number of rotatable bonds is 12. The monoisotopic (exact) mass is 729 g/mol. The van der Waals surface area contributed by atoms with Crippen LogP contribution in [-0.4, -0.2) is 109 Å². The number of carbonyl (C=O) groups excluding carboxylic acids is 1. The second-order valence-electron chi connectivity index (χ2n) is 14.4. The predicted molar refractivity (Wildman–Crippen MR) is 177 cm³/mol. The van der Waals surface area contributed by atoms with E-state index in [1.165, 1.54) is 21.1 Å². The van der Waals surface area contributed by atoms with Gasteiger partial charge in [0.15, 0.2) is 10.8 Å². The molecular weight excluding hydrogens is 688 g/mol. The van der Waals surface area contributed by atoms with Gasteiger partial charge < -0.3 is 19.3 Å². The number of imidazole rings is 1. The molecule has 12 nitrogen and oxygen atoms in total. The van der Waals surface area contributed by atoms with Gasteiger partial charge in [-0.05, 0) is 38.3 Å². The fourth-order valence-corrected chi connectivity index (χ4v) is 9.21. The Morgan fingerprint density at radius 3 is 2.38 bits per heavy atom. The zero-order valence-corrected chi connectivity index (χ0v) is 30.5. The summed E-state index contributed by atoms with van der Waals surface area (Å²) >= 11 is 0.338. The Morgan fingerprint density at radius 2 is 1.83 bits per heavy atom. The Labute approximate surface area is 283 Å². The van der Waals surface area contributed by atoms with Gasteiger partial charge in [0, 0.05) is 52.5 Å². The van der Waals surface area contributed by atoms with E-state index >= 15 is 0 Å². The van der Waals surface area contributed by atoms with E-state index in [0.717, 1.165) is 25.3 Å². The molecule has 3 fully saturated rings. The summed E-state index contributed by atoms with van der Waals surface area (Å²) in [5.74, 6) is 0.204. The number of piperazine rings is 1. The molecule has 1 aliphatic carbocycles. The molecule has 0 bridgehead atoms. The largest absolute Gasteiger partial charge is 0.445 e. The molecule has 3 aromatic heterocycles. The van der Waals surface area contributed by atoms with Crippen molar-refractivity contribution in [2.75, 3.05) is 57.6 Å². The standard InChI is InChI=1S/C30H42F3N7O5S2Si/c1-6-29(7-8-29)27(41)38-11-9-37(10-12-38)22-15-21(17-39-23(22)16-34-24(39)25-35-36-26(46-25)30(31,32)33)47(42,43)40(28(2)18-45-19-28)20-44-13-14-48(3,4)5/h15-17H,6-14,18-20H2,1-5H3. The van der Waals surface area contributed by atoms with Crippen LogP contribution in [0, 0.1) is 5.41 Å². The lowest BCUT2D eigenvalue weighted by Gasteiger charge is -2.45. The average Bonchev–Trinajstić information content (AvgIpc) is 3.43. The first-order chi connectivity index (χ1) is 22.5. The molecule has 6 rings (SSSR count). The van der Waals surface area contributed by atoms with Crippen molar-refractivity contribution in [3.63, 3.8) is 0 Å². The van der Waals surface area contributed by atoms with Crippen molar-refractivity contribution < 1.29 is 35.9 Å². The number of fused-ring (bicyclic) bond motifs is 1. The molecule has 0 aromatic carbocycles. The molecule has 2 saturated heterocycles. The molecule has 48 heavy (non-hydrogen) atoms. The summed E-state index contributed by atoms with van der Waals surface area (Å²) < 4.78 is 83.7. The minimum absolute atomic E-state index is 0.0415. The van der Waals surface area contributed by atoms with Crippen molar-refractivity contribution in [2.24, 2.45) is 5.41 Å². The van der Waals surface area contributed by atoms with Crippen molar-refractivity contribution in [1.82, 2.24) is 28.8 Å². The fourth-order valence-electron chi connectivity index (χ4n) is 6.10. The second kappa shape index (κ2) is 12.6. The maximum atomic E-state index is 14.6. The zero-order chi connectivity index (χ0) is 34.7. The van der Waals surface area contributed by atoms with Gasteiger partial charge in [0.1, 0.15) is 11.6 Å². The third kappa shape index (κ3) is 6.75. The van der Waals surface area contributed by atoms with Gasteiger partial charge in [-0.1, -0.05) is 37.9 Å². The number of alkyl halides is 3. The lowest BCUT2D eigenvalue weighted by molar-refractivity contribution is -0.138. The van der Waals surface area contributed by atoms with Gasteiger partial charge in [0.05, 0.1) is 36.2 Å². The molecule has 5 heterocycles. The molecule has 1 saturated carbocycles. The lowest BCUT2D eigenvalue weighted by atomic mass is 10.0. The highest BCUT2D eigenvalue weighted by Gasteiger charge is 2.50. The van der Waals surface area contributed by atoms with Crippen LogP contribution >= 0.6 is 11.3 Å². The number of ether oxygens (including phenoxy) is 2. The third-order valence-electron chi connectivity index (χ3n) is 9.57. The van der Waals surface area contributed by atoms with Gasteiger partial charge in [-0.3, -0.25) is 9.20 Å². The summed E-state index contributed by atoms with van der Waals surface area (Å²) in [6.07, 6.45) is 0.780. The van der Waals surface area contributed by atoms with Gasteiger partial charge >= 0.3 is 6.18 Å². The number of pyridine rings is 1. The number of nitrogens with zero attached hydrogens (tertiary/aromatic N) is 7. The van der Waals surface area contributed by atoms with Crippen molar-refractivity contribution in [2.45, 2.75) is 75.4 Å². The van der Waals surface area contributed by atoms with Crippen LogP contribution in [0.5, 0.6) is 0 Å². The number of halogens is 3. The normalized spacial score (nSPS) is 19.6. The Balaban J connectivity index is 1.38. The quantitative estimate of drug-likeness (QED) is 0.147. The zero-order valence-electron chi connectivity index (χ0n) is 27.8. The van der Waals surface area contributed by atoms with Crippen LogP contribution in [0.3, 0.4) is 0 Å². The number of hydrogen-bond acceptors (Lipinski definition) is 10. The number of amides is 1. The summed E-state index contributed by atoms with van der Waals surface area (Å²) in [5, 5.41) is 5.85. The Hall–Kier alpha value is -2.64. The molecular formula is C30H42F3N7O5S2Si. The van der Waals surface area contributed by atoms with Crippen molar-refractivity contribution in [1.29, 1.82) is 0 Å². The van der Waals surface area contributed by atoms with Crippen LogP contribution in [0.15, 0.2) is 23.4 Å². The molecule has 3 aromatic rings. The summed E-state index contributed by atoms with van der Waals surface area (Å²) in [7, 11) is -5.67. The van der Waals surface area contributed by atoms with Gasteiger partial charge in [0.25, 0.3) is 0 Å². The first kappa shape index (κ1) is 35.2. The molecule has 2 aliphatic heterocycles. The number of anilines is 1. The lowest BCUT2D eigenvalue weighted by Crippen LogP contribution is -2.62. The van der Waals surface area contributed by atoms with E-state index in [1.54, 1.807) is 13.0 Å². The Kier molecular flexibility index (Phi) is 9.24. The topological polar surface area (TPSA) is 122 Å². The van der Waals surface area contributed by atoms with E-state index < -0.39 is 34.8 Å². The number of aromatic nitrogens is 4. The first-order valence-corrected chi connectivity index (χ1v) is 22.1. The molecule has 0 atom stereocenters. The van der Waals surface area contributed by atoms with Crippen LogP contribution in [0.1, 0.15) is 38.1 Å². The van der Waals surface area contributed by atoms with E-state index in [4.69, 9.17) is 9.47 Å². The molecule has 0 unspecified atom stereocenters. The summed E-state index contributed by atoms with van der Waals surface area (Å²) in [4.78, 5) is 21.5. The van der Waals surface area contributed by atoms with Crippen LogP contribution in [0.2, 0.25) is 25.7 Å². The van der Waals surface area contributed by atoms with Crippen molar-refractivity contribution >= 4 is 46.5 Å². The minimum atomic E-state index is -4.69. The molecule has 0 N–H and O–H groups in total. The first-order valence-electron chi connectivity index (χ1n) is 16.1. The van der Waals surface area contributed by atoms with Gasteiger partial charge in [0.2, 0.25) is 20.9 Å². The Morgan fingerprint density at radius 1 is 1.15 bits per heavy atom. The third-order valence-corrected chi connectivity index (χ3v) is 14.2. The van der Waals surface area contributed by atoms with Crippen molar-refractivity contribution in [3.8, 4) is 10.8 Å². The highest BCUT2D eigenvalue weighted by molar-refractivity contribution is 7.89. The molecule has 264 valence electrons. The van der Waals surface area contributed by atoms with Gasteiger partial charge in [-0.2, -0.15) is 17.5 Å². The van der Waals surface area contributed by atoms with Gasteiger partial charge in [-0.25, -0.2) is 13.4 Å². The highest BCUT2D eigenvalue weighted by Crippen LogP contribution is 2.50. The van der Waals surface area contributed by atoms with E-state index in [-0.39, 0.29) is 47.0 Å². The summed E-state index contributed by atoms with van der Waals surface area (Å²) in [6.45, 7) is 12.9. The van der Waals surface area contributed by atoms with Gasteiger partial charge in [-0.15, -0.1) is 10.2 Å². The summed E-state index contributed by atoms with van der Waals surface area (Å²) in [6, 6.07) is 2.44. The SMILES string of the molecule is CCC1(C(=O)N2CCN(c3cc(S(=O)(=O)N(COCC[Si](C)(C)C)C4(C)COC4)cn4c(-c5nnc(C(F)(F)F)s5)ncc34)CC2)CC1. The second-order valence-corrected chi connectivity index (χ2v) is 22.9. The number of sulfonamides is 1. The predicted octanol–water partition coefficient (Wildman–Crippen LogP) is 4.80. The van der Waals surface area contributed by atoms with E-state index in [1.807, 2.05) is 16.7 Å². The maximum Gasteiger partial charge on any atom is 0.445 e. The fraction of sp³-hybridized carbons (Fsp3) is 0.667. The summed E-state index contributed by atoms with van der Waals surface area (Å²) in [5.41, 5.74) is -0.0806. The smallest absolute Gasteiger partial charge is 0.377 e. The molecule has 0 radical (unpaired) electrons. The van der Waals surface area contributed by atoms with Crippen LogP contribution in [0.25, 0.3) is 16.3 Å². The minimum Gasteiger partial charge on any atom is -0.377 e.